The number of rotatable bonds is 4. The Morgan fingerprint density at radius 3 is 2.55 bits per heavy atom. The van der Waals surface area contributed by atoms with Gasteiger partial charge in [0.05, 0.1) is 30.2 Å². The zero-order valence-electron chi connectivity index (χ0n) is 12.0. The summed E-state index contributed by atoms with van der Waals surface area (Å²) in [6.07, 6.45) is 1.02. The molecule has 0 saturated carbocycles. The summed E-state index contributed by atoms with van der Waals surface area (Å²) in [4.78, 5) is 13.9. The van der Waals surface area contributed by atoms with Crippen molar-refractivity contribution in [2.75, 3.05) is 43.4 Å². The second-order valence-corrected chi connectivity index (χ2v) is 7.61. The minimum atomic E-state index is -3.68. The van der Waals surface area contributed by atoms with E-state index in [9.17, 15) is 13.2 Å². The van der Waals surface area contributed by atoms with Crippen LogP contribution in [0.15, 0.2) is 18.2 Å². The molecule has 1 aliphatic heterocycles. The van der Waals surface area contributed by atoms with Crippen molar-refractivity contribution in [3.63, 3.8) is 0 Å². The molecule has 22 heavy (non-hydrogen) atoms. The molecule has 1 aromatic carbocycles. The zero-order valence-corrected chi connectivity index (χ0v) is 14.3. The van der Waals surface area contributed by atoms with Crippen LogP contribution in [0.25, 0.3) is 0 Å². The Hall–Kier alpha value is -1.02. The van der Waals surface area contributed by atoms with Crippen LogP contribution < -0.4 is 4.31 Å². The monoisotopic (exact) mass is 366 g/mol. The van der Waals surface area contributed by atoms with Crippen molar-refractivity contribution >= 4 is 44.8 Å². The number of benzene rings is 1. The molecule has 1 aliphatic rings. The highest BCUT2D eigenvalue weighted by atomic mass is 35.5. The molecule has 1 heterocycles. The molecule has 0 bridgehead atoms. The number of carbonyl (C=O) groups excluding carboxylic acids is 1. The highest BCUT2D eigenvalue weighted by Gasteiger charge is 2.26. The normalized spacial score (nSPS) is 15.7. The van der Waals surface area contributed by atoms with Crippen molar-refractivity contribution in [3.05, 3.63) is 28.2 Å². The smallest absolute Gasteiger partial charge is 0.243 e. The molecule has 0 atom stereocenters. The molecule has 1 aromatic rings. The van der Waals surface area contributed by atoms with E-state index in [-0.39, 0.29) is 23.2 Å². The van der Waals surface area contributed by atoms with E-state index in [4.69, 9.17) is 27.9 Å². The Bertz CT molecular complexity index is 660. The average molecular weight is 367 g/mol. The molecule has 0 N–H and O–H groups in total. The van der Waals surface area contributed by atoms with Crippen molar-refractivity contribution in [3.8, 4) is 0 Å². The van der Waals surface area contributed by atoms with Gasteiger partial charge < -0.3 is 9.64 Å². The van der Waals surface area contributed by atoms with Crippen molar-refractivity contribution < 1.29 is 17.9 Å². The van der Waals surface area contributed by atoms with Gasteiger partial charge in [-0.1, -0.05) is 23.2 Å². The minimum absolute atomic E-state index is 0.193. The average Bonchev–Trinajstić information content (AvgIpc) is 2.47. The van der Waals surface area contributed by atoms with Gasteiger partial charge in [-0.05, 0) is 18.2 Å². The number of nitrogens with zero attached hydrogens (tertiary/aromatic N) is 2. The Morgan fingerprint density at radius 2 is 1.95 bits per heavy atom. The van der Waals surface area contributed by atoms with Crippen LogP contribution in [0.5, 0.6) is 0 Å². The molecule has 1 fully saturated rings. The summed E-state index contributed by atoms with van der Waals surface area (Å²) in [6.45, 7) is 1.46. The first-order valence-electron chi connectivity index (χ1n) is 6.57. The molecule has 0 unspecified atom stereocenters. The van der Waals surface area contributed by atoms with Gasteiger partial charge in [0.2, 0.25) is 15.9 Å². The highest BCUT2D eigenvalue weighted by Crippen LogP contribution is 2.30. The zero-order chi connectivity index (χ0) is 16.3. The number of amides is 1. The van der Waals surface area contributed by atoms with Gasteiger partial charge >= 0.3 is 0 Å². The lowest BCUT2D eigenvalue weighted by atomic mass is 10.3. The lowest BCUT2D eigenvalue weighted by molar-refractivity contribution is -0.133. The third-order valence-electron chi connectivity index (χ3n) is 3.22. The largest absolute Gasteiger partial charge is 0.378 e. The number of carbonyl (C=O) groups is 1. The van der Waals surface area contributed by atoms with Gasteiger partial charge in [-0.3, -0.25) is 9.10 Å². The summed E-state index contributed by atoms with van der Waals surface area (Å²) >= 11 is 12.0. The third kappa shape index (κ3) is 4.25. The summed E-state index contributed by atoms with van der Waals surface area (Å²) < 4.78 is 30.2. The third-order valence-corrected chi connectivity index (χ3v) is 4.90. The van der Waals surface area contributed by atoms with Crippen molar-refractivity contribution in [2.24, 2.45) is 0 Å². The number of halogens is 2. The maximum Gasteiger partial charge on any atom is 0.243 e. The quantitative estimate of drug-likeness (QED) is 0.811. The SMILES string of the molecule is CS(=O)(=O)N(CC(=O)N1CCOCC1)c1cc(Cl)ccc1Cl. The molecule has 0 aliphatic carbocycles. The fourth-order valence-electron chi connectivity index (χ4n) is 2.09. The Labute approximate surface area is 139 Å². The first-order chi connectivity index (χ1) is 10.3. The summed E-state index contributed by atoms with van der Waals surface area (Å²) in [6, 6.07) is 4.48. The van der Waals surface area contributed by atoms with Gasteiger partial charge in [0.1, 0.15) is 6.54 Å². The Kier molecular flexibility index (Phi) is 5.55. The van der Waals surface area contributed by atoms with Gasteiger partial charge in [0.25, 0.3) is 0 Å². The molecule has 6 nitrogen and oxygen atoms in total. The van der Waals surface area contributed by atoms with Crippen molar-refractivity contribution in [2.45, 2.75) is 0 Å². The molecule has 0 radical (unpaired) electrons. The van der Waals surface area contributed by atoms with Crippen molar-refractivity contribution in [1.82, 2.24) is 4.90 Å². The number of hydrogen-bond donors (Lipinski definition) is 0. The summed E-state index contributed by atoms with van der Waals surface area (Å²) in [7, 11) is -3.68. The first-order valence-corrected chi connectivity index (χ1v) is 9.18. The topological polar surface area (TPSA) is 66.9 Å². The maximum atomic E-state index is 12.3. The first kappa shape index (κ1) is 17.3. The Balaban J connectivity index is 2.27. The molecule has 122 valence electrons. The van der Waals surface area contributed by atoms with Gasteiger partial charge in [0, 0.05) is 18.1 Å². The van der Waals surface area contributed by atoms with Crippen LogP contribution in [0.1, 0.15) is 0 Å². The molecule has 1 amide bonds. The van der Waals surface area contributed by atoms with Gasteiger partial charge in [0.15, 0.2) is 0 Å². The van der Waals surface area contributed by atoms with E-state index in [0.717, 1.165) is 10.6 Å². The number of hydrogen-bond acceptors (Lipinski definition) is 4. The van der Waals surface area contributed by atoms with Crippen molar-refractivity contribution in [1.29, 1.82) is 0 Å². The van der Waals surface area contributed by atoms with Crippen LogP contribution in [-0.2, 0) is 19.6 Å². The van der Waals surface area contributed by atoms with Crippen LogP contribution in [-0.4, -0.2) is 58.3 Å². The minimum Gasteiger partial charge on any atom is -0.378 e. The van der Waals surface area contributed by atoms with E-state index in [1.54, 1.807) is 11.0 Å². The van der Waals surface area contributed by atoms with E-state index in [1.165, 1.54) is 12.1 Å². The van der Waals surface area contributed by atoms with E-state index in [2.05, 4.69) is 0 Å². The molecule has 1 saturated heterocycles. The predicted octanol–water partition coefficient (Wildman–Crippen LogP) is 1.62. The highest BCUT2D eigenvalue weighted by molar-refractivity contribution is 7.92. The van der Waals surface area contributed by atoms with Crippen LogP contribution in [0.2, 0.25) is 10.0 Å². The van der Waals surface area contributed by atoms with Crippen LogP contribution in [0.3, 0.4) is 0 Å². The van der Waals surface area contributed by atoms with E-state index in [0.29, 0.717) is 31.3 Å². The van der Waals surface area contributed by atoms with Crippen LogP contribution in [0.4, 0.5) is 5.69 Å². The number of ether oxygens (including phenoxy) is 1. The maximum absolute atomic E-state index is 12.3. The second-order valence-electron chi connectivity index (χ2n) is 4.86. The standard InChI is InChI=1S/C13H16Cl2N2O4S/c1-22(19,20)17(12-8-10(14)2-3-11(12)15)9-13(18)16-4-6-21-7-5-16/h2-3,8H,4-7,9H2,1H3. The molecule has 9 heteroatoms. The second kappa shape index (κ2) is 7.04. The molecular formula is C13H16Cl2N2O4S. The van der Waals surface area contributed by atoms with Gasteiger partial charge in [-0.2, -0.15) is 0 Å². The van der Waals surface area contributed by atoms with Gasteiger partial charge in [-0.25, -0.2) is 8.42 Å². The lowest BCUT2D eigenvalue weighted by Gasteiger charge is -2.30. The molecular weight excluding hydrogens is 351 g/mol. The Morgan fingerprint density at radius 1 is 1.32 bits per heavy atom. The van der Waals surface area contributed by atoms with E-state index in [1.807, 2.05) is 0 Å². The van der Waals surface area contributed by atoms with Crippen LogP contribution in [0, 0.1) is 0 Å². The molecule has 0 aromatic heterocycles. The lowest BCUT2D eigenvalue weighted by Crippen LogP contribution is -2.47. The molecule has 2 rings (SSSR count). The fourth-order valence-corrected chi connectivity index (χ4v) is 3.38. The summed E-state index contributed by atoms with van der Waals surface area (Å²) in [5, 5.41) is 0.552. The predicted molar refractivity (Wildman–Crippen MR) is 86.1 cm³/mol. The fraction of sp³-hybridized carbons (Fsp3) is 0.462. The van der Waals surface area contributed by atoms with Gasteiger partial charge in [-0.15, -0.1) is 0 Å². The number of sulfonamides is 1. The van der Waals surface area contributed by atoms with E-state index < -0.39 is 10.0 Å². The molecule has 0 spiro atoms. The number of morpholine rings is 1. The summed E-state index contributed by atoms with van der Waals surface area (Å²) in [5.74, 6) is -0.301. The van der Waals surface area contributed by atoms with Crippen LogP contribution >= 0.6 is 23.2 Å². The van der Waals surface area contributed by atoms with E-state index >= 15 is 0 Å². The summed E-state index contributed by atoms with van der Waals surface area (Å²) in [5.41, 5.74) is 0.193. The number of anilines is 1.